The van der Waals surface area contributed by atoms with Gasteiger partial charge in [0.25, 0.3) is 11.5 Å². The number of pyridine rings is 1. The van der Waals surface area contributed by atoms with Crippen LogP contribution in [0.2, 0.25) is 0 Å². The second kappa shape index (κ2) is 4.87. The normalized spacial score (nSPS) is 10.1. The highest BCUT2D eigenvalue weighted by atomic mass is 16.2. The van der Waals surface area contributed by atoms with Crippen LogP contribution < -0.4 is 10.9 Å². The lowest BCUT2D eigenvalue weighted by molar-refractivity contribution is 0.102. The molecule has 0 aliphatic carbocycles. The molecule has 1 amide bonds. The summed E-state index contributed by atoms with van der Waals surface area (Å²) in [7, 11) is 0. The number of carbonyl (C=O) groups excluding carboxylic acids is 1. The molecule has 0 aliphatic rings. The van der Waals surface area contributed by atoms with Crippen LogP contribution in [0.5, 0.6) is 0 Å². The van der Waals surface area contributed by atoms with Gasteiger partial charge in [0, 0.05) is 11.4 Å². The molecule has 0 fully saturated rings. The van der Waals surface area contributed by atoms with Crippen molar-refractivity contribution in [2.45, 2.75) is 13.8 Å². The number of hydrogen-bond acceptors (Lipinski definition) is 2. The summed E-state index contributed by atoms with van der Waals surface area (Å²) < 4.78 is 0. The third kappa shape index (κ3) is 2.48. The first-order valence-corrected chi connectivity index (χ1v) is 5.65. The van der Waals surface area contributed by atoms with Crippen LogP contribution in [0.4, 0.5) is 5.69 Å². The zero-order valence-corrected chi connectivity index (χ0v) is 10.3. The molecule has 2 rings (SSSR count). The Labute approximate surface area is 105 Å². The Morgan fingerprint density at radius 2 is 1.83 bits per heavy atom. The Kier molecular flexibility index (Phi) is 3.28. The zero-order valence-electron chi connectivity index (χ0n) is 10.3. The fourth-order valence-electron chi connectivity index (χ4n) is 1.85. The molecule has 0 saturated heterocycles. The van der Waals surface area contributed by atoms with Gasteiger partial charge in [-0.25, -0.2) is 0 Å². The van der Waals surface area contributed by atoms with Gasteiger partial charge in [0.2, 0.25) is 0 Å². The van der Waals surface area contributed by atoms with Crippen molar-refractivity contribution in [1.29, 1.82) is 0 Å². The number of benzene rings is 1. The van der Waals surface area contributed by atoms with Crippen LogP contribution in [-0.4, -0.2) is 10.9 Å². The molecule has 0 spiro atoms. The third-order valence-corrected chi connectivity index (χ3v) is 2.62. The molecule has 2 aromatic rings. The fourth-order valence-corrected chi connectivity index (χ4v) is 1.85. The first-order chi connectivity index (χ1) is 8.58. The molecule has 0 aliphatic heterocycles. The Balaban J connectivity index is 2.33. The minimum Gasteiger partial charge on any atom is -0.326 e. The van der Waals surface area contributed by atoms with Crippen LogP contribution >= 0.6 is 0 Å². The van der Waals surface area contributed by atoms with E-state index in [9.17, 15) is 9.59 Å². The van der Waals surface area contributed by atoms with E-state index in [0.29, 0.717) is 11.3 Å². The molecule has 2 N–H and O–H groups in total. The molecule has 4 heteroatoms. The van der Waals surface area contributed by atoms with E-state index >= 15 is 0 Å². The maximum Gasteiger partial charge on any atom is 0.261 e. The standard InChI is InChI=1S/C14H14N2O2/c1-9-8-10(2)15-13(17)12(9)14(18)16-11-6-4-3-5-7-11/h3-8H,1-2H3,(H,15,17)(H,16,18). The van der Waals surface area contributed by atoms with Gasteiger partial charge in [-0.2, -0.15) is 0 Å². The maximum atomic E-state index is 12.0. The SMILES string of the molecule is Cc1cc(C)c(C(=O)Nc2ccccc2)c(=O)[nH]1. The second-order valence-electron chi connectivity index (χ2n) is 4.16. The van der Waals surface area contributed by atoms with Gasteiger partial charge in [-0.1, -0.05) is 18.2 Å². The van der Waals surface area contributed by atoms with E-state index in [4.69, 9.17) is 0 Å². The number of para-hydroxylation sites is 1. The molecule has 0 radical (unpaired) electrons. The number of aromatic nitrogens is 1. The molecule has 0 saturated carbocycles. The quantitative estimate of drug-likeness (QED) is 0.848. The first kappa shape index (κ1) is 12.1. The van der Waals surface area contributed by atoms with Crippen molar-refractivity contribution in [3.05, 3.63) is 63.6 Å². The molecule has 18 heavy (non-hydrogen) atoms. The summed E-state index contributed by atoms with van der Waals surface area (Å²) in [5.41, 5.74) is 1.88. The van der Waals surface area contributed by atoms with Gasteiger partial charge in [0.1, 0.15) is 5.56 Å². The smallest absolute Gasteiger partial charge is 0.261 e. The summed E-state index contributed by atoms with van der Waals surface area (Å²) in [6.07, 6.45) is 0. The predicted molar refractivity (Wildman–Crippen MR) is 70.9 cm³/mol. The number of hydrogen-bond donors (Lipinski definition) is 2. The molecular formula is C14H14N2O2. The third-order valence-electron chi connectivity index (χ3n) is 2.62. The summed E-state index contributed by atoms with van der Waals surface area (Å²) >= 11 is 0. The van der Waals surface area contributed by atoms with E-state index in [1.807, 2.05) is 18.2 Å². The Morgan fingerprint density at radius 1 is 1.17 bits per heavy atom. The molecule has 1 aromatic heterocycles. The Bertz CT molecular complexity index is 630. The monoisotopic (exact) mass is 242 g/mol. The van der Waals surface area contributed by atoms with Crippen molar-refractivity contribution in [2.24, 2.45) is 0 Å². The molecule has 0 unspecified atom stereocenters. The zero-order chi connectivity index (χ0) is 13.1. The lowest BCUT2D eigenvalue weighted by Gasteiger charge is -2.07. The minimum absolute atomic E-state index is 0.157. The summed E-state index contributed by atoms with van der Waals surface area (Å²) in [5.74, 6) is -0.389. The van der Waals surface area contributed by atoms with E-state index in [2.05, 4.69) is 10.3 Å². The Morgan fingerprint density at radius 3 is 2.44 bits per heavy atom. The second-order valence-corrected chi connectivity index (χ2v) is 4.16. The number of nitrogens with one attached hydrogen (secondary N) is 2. The number of aromatic amines is 1. The molecule has 1 aromatic carbocycles. The van der Waals surface area contributed by atoms with Crippen molar-refractivity contribution in [2.75, 3.05) is 5.32 Å². The fraction of sp³-hybridized carbons (Fsp3) is 0.143. The van der Waals surface area contributed by atoms with Crippen LogP contribution in [0.15, 0.2) is 41.2 Å². The highest BCUT2D eigenvalue weighted by Crippen LogP contribution is 2.09. The van der Waals surface area contributed by atoms with E-state index in [1.165, 1.54) is 0 Å². The molecule has 0 atom stereocenters. The van der Waals surface area contributed by atoms with Gasteiger partial charge in [0.15, 0.2) is 0 Å². The lowest BCUT2D eigenvalue weighted by Crippen LogP contribution is -2.25. The average molecular weight is 242 g/mol. The summed E-state index contributed by atoms with van der Waals surface area (Å²) in [6, 6.07) is 10.8. The number of carbonyl (C=O) groups is 1. The molecule has 4 nitrogen and oxygen atoms in total. The number of amides is 1. The summed E-state index contributed by atoms with van der Waals surface area (Å²) in [6.45, 7) is 3.54. The van der Waals surface area contributed by atoms with Crippen LogP contribution in [0.1, 0.15) is 21.6 Å². The molecule has 0 bridgehead atoms. The van der Waals surface area contributed by atoms with E-state index in [0.717, 1.165) is 5.69 Å². The Hall–Kier alpha value is -2.36. The van der Waals surface area contributed by atoms with E-state index in [-0.39, 0.29) is 17.0 Å². The topological polar surface area (TPSA) is 62.0 Å². The highest BCUT2D eigenvalue weighted by molar-refractivity contribution is 6.04. The average Bonchev–Trinajstić information content (AvgIpc) is 2.28. The number of H-pyrrole nitrogens is 1. The van der Waals surface area contributed by atoms with Gasteiger partial charge < -0.3 is 10.3 Å². The summed E-state index contributed by atoms with van der Waals surface area (Å²) in [5, 5.41) is 2.70. The van der Waals surface area contributed by atoms with Gasteiger partial charge in [-0.15, -0.1) is 0 Å². The number of aryl methyl sites for hydroxylation is 2. The van der Waals surface area contributed by atoms with Crippen molar-refractivity contribution >= 4 is 11.6 Å². The lowest BCUT2D eigenvalue weighted by atomic mass is 10.1. The highest BCUT2D eigenvalue weighted by Gasteiger charge is 2.14. The number of anilines is 1. The predicted octanol–water partition coefficient (Wildman–Crippen LogP) is 2.24. The van der Waals surface area contributed by atoms with E-state index in [1.54, 1.807) is 32.0 Å². The first-order valence-electron chi connectivity index (χ1n) is 5.65. The molecular weight excluding hydrogens is 228 g/mol. The van der Waals surface area contributed by atoms with Crippen molar-refractivity contribution < 1.29 is 4.79 Å². The maximum absolute atomic E-state index is 12.0. The van der Waals surface area contributed by atoms with Crippen LogP contribution in [0.25, 0.3) is 0 Å². The van der Waals surface area contributed by atoms with Gasteiger partial charge in [-0.3, -0.25) is 9.59 Å². The van der Waals surface area contributed by atoms with Gasteiger partial charge in [0.05, 0.1) is 0 Å². The summed E-state index contributed by atoms with van der Waals surface area (Å²) in [4.78, 5) is 26.4. The number of rotatable bonds is 2. The van der Waals surface area contributed by atoms with Crippen molar-refractivity contribution in [1.82, 2.24) is 4.98 Å². The van der Waals surface area contributed by atoms with Crippen LogP contribution in [0, 0.1) is 13.8 Å². The van der Waals surface area contributed by atoms with Crippen LogP contribution in [0.3, 0.4) is 0 Å². The van der Waals surface area contributed by atoms with E-state index < -0.39 is 0 Å². The van der Waals surface area contributed by atoms with Gasteiger partial charge >= 0.3 is 0 Å². The van der Waals surface area contributed by atoms with Crippen molar-refractivity contribution in [3.8, 4) is 0 Å². The van der Waals surface area contributed by atoms with Crippen LogP contribution in [-0.2, 0) is 0 Å². The largest absolute Gasteiger partial charge is 0.326 e. The molecule has 1 heterocycles. The van der Waals surface area contributed by atoms with Gasteiger partial charge in [-0.05, 0) is 37.6 Å². The minimum atomic E-state index is -0.389. The molecule has 92 valence electrons. The van der Waals surface area contributed by atoms with Crippen molar-refractivity contribution in [3.63, 3.8) is 0 Å².